The van der Waals surface area contributed by atoms with Crippen molar-refractivity contribution in [3.63, 3.8) is 0 Å². The van der Waals surface area contributed by atoms with Crippen molar-refractivity contribution < 1.29 is 0 Å². The molecule has 0 atom stereocenters. The second kappa shape index (κ2) is 18.5. The smallest absolute Gasteiger partial charge is 0.0353 e. The highest BCUT2D eigenvalue weighted by molar-refractivity contribution is 4.78. The van der Waals surface area contributed by atoms with E-state index >= 15 is 0 Å². The summed E-state index contributed by atoms with van der Waals surface area (Å²) in [6, 6.07) is 0. The molecule has 0 spiro atoms. The highest BCUT2D eigenvalue weighted by Gasteiger charge is 1.80. The molecule has 14 heavy (non-hydrogen) atoms. The van der Waals surface area contributed by atoms with Gasteiger partial charge in [-0.15, -0.1) is 0 Å². The van der Waals surface area contributed by atoms with Gasteiger partial charge in [0.2, 0.25) is 0 Å². The minimum Gasteiger partial charge on any atom is -0.0888 e. The van der Waals surface area contributed by atoms with Gasteiger partial charge in [0.05, 0.1) is 0 Å². The normalized spacial score (nSPS) is 10.0. The first-order chi connectivity index (χ1) is 6.83. The average molecular weight is 198 g/mol. The standard InChI is InChI=1S/C7H16.C7H14/c2*1-3-5-7-6-4-2/h3-7H2,1-2H3;5,7H,3-4,6H2,1-2H3. The summed E-state index contributed by atoms with van der Waals surface area (Å²) in [5.41, 5.74) is 0. The van der Waals surface area contributed by atoms with Gasteiger partial charge >= 0.3 is 0 Å². The molecular formula is C14H30. The van der Waals surface area contributed by atoms with E-state index in [0.717, 1.165) is 0 Å². The summed E-state index contributed by atoms with van der Waals surface area (Å²) in [5.74, 6) is 0. The number of rotatable bonds is 7. The van der Waals surface area contributed by atoms with Crippen LogP contribution in [-0.2, 0) is 0 Å². The van der Waals surface area contributed by atoms with E-state index in [9.17, 15) is 0 Å². The Balaban J connectivity index is 0. The molecule has 0 heteroatoms. The maximum atomic E-state index is 2.25. The fraction of sp³-hybridized carbons (Fsp3) is 0.857. The van der Waals surface area contributed by atoms with Crippen LogP contribution in [0, 0.1) is 0 Å². The molecule has 0 aliphatic heterocycles. The summed E-state index contributed by atoms with van der Waals surface area (Å²) in [6.45, 7) is 8.84. The van der Waals surface area contributed by atoms with Crippen molar-refractivity contribution in [3.05, 3.63) is 12.2 Å². The van der Waals surface area contributed by atoms with E-state index < -0.39 is 0 Å². The molecule has 0 unspecified atom stereocenters. The molecule has 0 aromatic rings. The molecule has 0 fully saturated rings. The molecule has 0 aromatic heterocycles. The monoisotopic (exact) mass is 198 g/mol. The van der Waals surface area contributed by atoms with Gasteiger partial charge in [0.25, 0.3) is 0 Å². The van der Waals surface area contributed by atoms with Gasteiger partial charge in [-0.1, -0.05) is 78.4 Å². The molecule has 0 aliphatic carbocycles. The fourth-order valence-electron chi connectivity index (χ4n) is 1.13. The van der Waals surface area contributed by atoms with Gasteiger partial charge in [-0.2, -0.15) is 0 Å². The molecule has 0 bridgehead atoms. The van der Waals surface area contributed by atoms with E-state index in [4.69, 9.17) is 0 Å². The van der Waals surface area contributed by atoms with Crippen LogP contribution in [0.15, 0.2) is 12.2 Å². The molecule has 0 aromatic carbocycles. The van der Waals surface area contributed by atoms with Gasteiger partial charge in [0, 0.05) is 0 Å². The van der Waals surface area contributed by atoms with Gasteiger partial charge in [0.15, 0.2) is 0 Å². The van der Waals surface area contributed by atoms with Gasteiger partial charge in [-0.25, -0.2) is 0 Å². The quantitative estimate of drug-likeness (QED) is 0.362. The zero-order valence-corrected chi connectivity index (χ0v) is 10.8. The topological polar surface area (TPSA) is 0 Å². The lowest BCUT2D eigenvalue weighted by Gasteiger charge is -1.90. The maximum absolute atomic E-state index is 2.25. The fourth-order valence-corrected chi connectivity index (χ4v) is 1.13. The molecule has 0 nitrogen and oxygen atoms in total. The third-order valence-corrected chi connectivity index (χ3v) is 2.06. The highest BCUT2D eigenvalue weighted by Crippen LogP contribution is 2.00. The van der Waals surface area contributed by atoms with Crippen LogP contribution in [-0.4, -0.2) is 0 Å². The van der Waals surface area contributed by atoms with Crippen LogP contribution < -0.4 is 0 Å². The lowest BCUT2D eigenvalue weighted by Crippen LogP contribution is -1.70. The van der Waals surface area contributed by atoms with Crippen molar-refractivity contribution in [1.82, 2.24) is 0 Å². The first-order valence-corrected chi connectivity index (χ1v) is 6.48. The molecule has 0 saturated carbocycles. The van der Waals surface area contributed by atoms with Crippen molar-refractivity contribution in [2.45, 2.75) is 79.1 Å². The van der Waals surface area contributed by atoms with Crippen LogP contribution in [0.1, 0.15) is 79.1 Å². The first-order valence-electron chi connectivity index (χ1n) is 6.48. The van der Waals surface area contributed by atoms with Gasteiger partial charge in [-0.3, -0.25) is 0 Å². The van der Waals surface area contributed by atoms with E-state index in [1.165, 1.54) is 51.4 Å². The molecule has 0 heterocycles. The van der Waals surface area contributed by atoms with Crippen molar-refractivity contribution >= 4 is 0 Å². The second-order valence-corrected chi connectivity index (χ2v) is 3.73. The number of hydrogen-bond acceptors (Lipinski definition) is 0. The summed E-state index contributed by atoms with van der Waals surface area (Å²) < 4.78 is 0. The maximum Gasteiger partial charge on any atom is -0.0353 e. The lowest BCUT2D eigenvalue weighted by atomic mass is 10.2. The lowest BCUT2D eigenvalue weighted by molar-refractivity contribution is 0.656. The molecule has 0 aliphatic rings. The Morgan fingerprint density at radius 1 is 0.643 bits per heavy atom. The second-order valence-electron chi connectivity index (χ2n) is 3.73. The summed E-state index contributed by atoms with van der Waals surface area (Å²) >= 11 is 0. The summed E-state index contributed by atoms with van der Waals surface area (Å²) in [7, 11) is 0. The zero-order valence-electron chi connectivity index (χ0n) is 10.8. The number of allylic oxidation sites excluding steroid dienone is 2. The minimum atomic E-state index is 1.18. The Kier molecular flexibility index (Phi) is 21.4. The van der Waals surface area contributed by atoms with E-state index in [2.05, 4.69) is 39.8 Å². The van der Waals surface area contributed by atoms with Crippen LogP contribution in [0.3, 0.4) is 0 Å². The Morgan fingerprint density at radius 3 is 1.57 bits per heavy atom. The molecule has 0 N–H and O–H groups in total. The first kappa shape index (κ1) is 16.2. The van der Waals surface area contributed by atoms with Crippen molar-refractivity contribution in [1.29, 1.82) is 0 Å². The van der Waals surface area contributed by atoms with Crippen LogP contribution in [0.4, 0.5) is 0 Å². The highest BCUT2D eigenvalue weighted by atomic mass is 13.9. The predicted octanol–water partition coefficient (Wildman–Crippen LogP) is 5.73. The SMILES string of the molecule is CCC=CCCC.CCCCCCC. The van der Waals surface area contributed by atoms with Gasteiger partial charge < -0.3 is 0 Å². The summed E-state index contributed by atoms with van der Waals surface area (Å²) in [4.78, 5) is 0. The van der Waals surface area contributed by atoms with E-state index in [1.807, 2.05) is 0 Å². The van der Waals surface area contributed by atoms with Crippen LogP contribution in [0.25, 0.3) is 0 Å². The van der Waals surface area contributed by atoms with Crippen molar-refractivity contribution in [3.8, 4) is 0 Å². The minimum absolute atomic E-state index is 1.18. The van der Waals surface area contributed by atoms with Crippen molar-refractivity contribution in [2.24, 2.45) is 0 Å². The van der Waals surface area contributed by atoms with Gasteiger partial charge in [0.1, 0.15) is 0 Å². The number of unbranched alkanes of at least 4 members (excludes halogenated alkanes) is 5. The summed E-state index contributed by atoms with van der Waals surface area (Å²) in [5, 5.41) is 0. The third kappa shape index (κ3) is 22.6. The largest absolute Gasteiger partial charge is 0.0888 e. The Labute approximate surface area is 91.8 Å². The van der Waals surface area contributed by atoms with Crippen LogP contribution in [0.2, 0.25) is 0 Å². The Bertz CT molecular complexity index is 88.2. The molecule has 86 valence electrons. The van der Waals surface area contributed by atoms with Crippen LogP contribution >= 0.6 is 0 Å². The molecule has 0 rings (SSSR count). The predicted molar refractivity (Wildman–Crippen MR) is 68.8 cm³/mol. The molecular weight excluding hydrogens is 168 g/mol. The van der Waals surface area contributed by atoms with E-state index in [0.29, 0.717) is 0 Å². The van der Waals surface area contributed by atoms with E-state index in [-0.39, 0.29) is 0 Å². The Hall–Kier alpha value is -0.260. The molecule has 0 saturated heterocycles. The molecule has 0 radical (unpaired) electrons. The molecule has 0 amide bonds. The van der Waals surface area contributed by atoms with Gasteiger partial charge in [-0.05, 0) is 12.8 Å². The number of hydrogen-bond donors (Lipinski definition) is 0. The third-order valence-electron chi connectivity index (χ3n) is 2.06. The van der Waals surface area contributed by atoms with E-state index in [1.54, 1.807) is 0 Å². The van der Waals surface area contributed by atoms with Crippen molar-refractivity contribution in [2.75, 3.05) is 0 Å². The zero-order chi connectivity index (χ0) is 11.1. The summed E-state index contributed by atoms with van der Waals surface area (Å²) in [6.07, 6.45) is 15.2. The van der Waals surface area contributed by atoms with Crippen LogP contribution in [0.5, 0.6) is 0 Å². The Morgan fingerprint density at radius 2 is 1.21 bits per heavy atom. The average Bonchev–Trinajstić information content (AvgIpc) is 2.21.